The van der Waals surface area contributed by atoms with Gasteiger partial charge in [0.2, 0.25) is 0 Å². The number of carbonyl (C=O) groups excluding carboxylic acids is 2. The molecule has 0 aliphatic heterocycles. The molecule has 1 aromatic carbocycles. The van der Waals surface area contributed by atoms with Crippen LogP contribution in [0, 0.1) is 0 Å². The van der Waals surface area contributed by atoms with E-state index in [2.05, 4.69) is 10.4 Å². The highest BCUT2D eigenvalue weighted by molar-refractivity contribution is 7.09. The zero-order valence-electron chi connectivity index (χ0n) is 20.6. The molecule has 10 nitrogen and oxygen atoms in total. The molecule has 1 atom stereocenters. The van der Waals surface area contributed by atoms with Gasteiger partial charge < -0.3 is 19.0 Å². The van der Waals surface area contributed by atoms with E-state index in [1.165, 1.54) is 28.9 Å². The number of benzene rings is 1. The number of aromatic nitrogens is 1. The van der Waals surface area contributed by atoms with E-state index >= 15 is 0 Å². The zero-order valence-corrected chi connectivity index (χ0v) is 21.4. The van der Waals surface area contributed by atoms with Crippen LogP contribution >= 0.6 is 11.3 Å². The van der Waals surface area contributed by atoms with E-state index < -0.39 is 23.9 Å². The van der Waals surface area contributed by atoms with Crippen molar-refractivity contribution >= 4 is 23.5 Å². The lowest BCUT2D eigenvalue weighted by atomic mass is 10.1. The maximum absolute atomic E-state index is 13.1. The van der Waals surface area contributed by atoms with Gasteiger partial charge in [-0.3, -0.25) is 4.98 Å². The minimum Gasteiger partial charge on any atom is -0.472 e. The van der Waals surface area contributed by atoms with Gasteiger partial charge in [0.05, 0.1) is 29.0 Å². The second-order valence-corrected chi connectivity index (χ2v) is 10.1. The maximum atomic E-state index is 13.1. The standard InChI is InChI=1S/C25H32N4O6S/c1-25(2,3)35-24(32)29(27-23(31)34-17-22-13-26-18-36-22)28(14-20-11-12-33-16-20)15-21(30)10-9-19-7-5-4-6-8-19/h4-8,11-13,16,18,21,30H,9-10,14-15,17H2,1-3H3,(H,27,31)/t21-/m0/s1. The molecule has 2 heterocycles. The van der Waals surface area contributed by atoms with Crippen molar-refractivity contribution in [2.75, 3.05) is 6.54 Å². The molecule has 0 aliphatic carbocycles. The van der Waals surface area contributed by atoms with Crippen LogP contribution < -0.4 is 5.43 Å². The summed E-state index contributed by atoms with van der Waals surface area (Å²) in [6.45, 7) is 5.36. The highest BCUT2D eigenvalue weighted by Gasteiger charge is 2.31. The first-order valence-corrected chi connectivity index (χ1v) is 12.4. The molecule has 0 radical (unpaired) electrons. The van der Waals surface area contributed by atoms with Crippen LogP contribution in [0.1, 0.15) is 43.2 Å². The quantitative estimate of drug-likeness (QED) is 0.378. The normalized spacial score (nSPS) is 12.2. The molecule has 0 bridgehead atoms. The highest BCUT2D eigenvalue weighted by Crippen LogP contribution is 2.16. The van der Waals surface area contributed by atoms with Crippen LogP contribution in [0.15, 0.2) is 65.0 Å². The lowest BCUT2D eigenvalue weighted by Crippen LogP contribution is -2.58. The number of amides is 2. The summed E-state index contributed by atoms with van der Waals surface area (Å²) in [5.74, 6) is 0. The fourth-order valence-corrected chi connectivity index (χ4v) is 3.73. The van der Waals surface area contributed by atoms with Crippen LogP contribution in [0.25, 0.3) is 0 Å². The molecule has 11 heteroatoms. The number of nitrogens with one attached hydrogen (secondary N) is 1. The first-order chi connectivity index (χ1) is 17.2. The van der Waals surface area contributed by atoms with E-state index in [4.69, 9.17) is 13.9 Å². The number of hydrogen-bond acceptors (Lipinski definition) is 9. The van der Waals surface area contributed by atoms with E-state index in [9.17, 15) is 14.7 Å². The maximum Gasteiger partial charge on any atom is 0.444 e. The van der Waals surface area contributed by atoms with Crippen molar-refractivity contribution in [3.8, 4) is 0 Å². The van der Waals surface area contributed by atoms with Crippen LogP contribution in [-0.4, -0.2) is 50.7 Å². The minimum atomic E-state index is -0.856. The predicted octanol–water partition coefficient (Wildman–Crippen LogP) is 4.53. The van der Waals surface area contributed by atoms with Crippen LogP contribution in [0.4, 0.5) is 9.59 Å². The third kappa shape index (κ3) is 9.33. The SMILES string of the molecule is CC(C)(C)OC(=O)N(NC(=O)OCc1cncs1)N(Cc1ccoc1)C[C@@H](O)CCc1ccccc1. The molecular formula is C25H32N4O6S. The Labute approximate surface area is 214 Å². The molecule has 2 amide bonds. The molecule has 0 unspecified atom stereocenters. The van der Waals surface area contributed by atoms with Gasteiger partial charge in [0.25, 0.3) is 0 Å². The summed E-state index contributed by atoms with van der Waals surface area (Å²) in [5, 5.41) is 13.3. The number of thiazole rings is 1. The van der Waals surface area contributed by atoms with Crippen molar-refractivity contribution in [1.29, 1.82) is 0 Å². The summed E-state index contributed by atoms with van der Waals surface area (Å²) < 4.78 is 15.9. The highest BCUT2D eigenvalue weighted by atomic mass is 32.1. The Morgan fingerprint density at radius 3 is 2.61 bits per heavy atom. The number of aryl methyl sites for hydroxylation is 1. The number of nitrogens with zero attached hydrogens (tertiary/aromatic N) is 3. The number of aliphatic hydroxyl groups is 1. The molecule has 0 fully saturated rings. The smallest absolute Gasteiger partial charge is 0.444 e. The summed E-state index contributed by atoms with van der Waals surface area (Å²) in [7, 11) is 0. The second-order valence-electron chi connectivity index (χ2n) is 9.10. The first kappa shape index (κ1) is 27.2. The van der Waals surface area contributed by atoms with Crippen LogP contribution in [-0.2, 0) is 29.0 Å². The number of rotatable bonds is 10. The molecule has 0 saturated carbocycles. The molecule has 36 heavy (non-hydrogen) atoms. The molecule has 2 aromatic heterocycles. The Bertz CT molecular complexity index is 1050. The van der Waals surface area contributed by atoms with Gasteiger partial charge in [0, 0.05) is 24.8 Å². The lowest BCUT2D eigenvalue weighted by molar-refractivity contribution is -0.0957. The van der Waals surface area contributed by atoms with Crippen molar-refractivity contribution in [2.24, 2.45) is 0 Å². The molecule has 0 spiro atoms. The van der Waals surface area contributed by atoms with Gasteiger partial charge >= 0.3 is 12.2 Å². The third-order valence-corrected chi connectivity index (χ3v) is 5.60. The number of carbonyl (C=O) groups is 2. The molecule has 0 saturated heterocycles. The number of hydrazine groups is 2. The summed E-state index contributed by atoms with van der Waals surface area (Å²) in [4.78, 5) is 30.5. The lowest BCUT2D eigenvalue weighted by Gasteiger charge is -2.36. The Morgan fingerprint density at radius 1 is 1.19 bits per heavy atom. The molecule has 194 valence electrons. The molecule has 3 aromatic rings. The van der Waals surface area contributed by atoms with Crippen molar-refractivity contribution < 1.29 is 28.6 Å². The van der Waals surface area contributed by atoms with E-state index in [1.807, 2.05) is 30.3 Å². The van der Waals surface area contributed by atoms with Crippen LogP contribution in [0.5, 0.6) is 0 Å². The Morgan fingerprint density at radius 2 is 1.97 bits per heavy atom. The third-order valence-electron chi connectivity index (χ3n) is 4.85. The fourth-order valence-electron chi connectivity index (χ4n) is 3.23. The summed E-state index contributed by atoms with van der Waals surface area (Å²) in [6.07, 6.45) is 3.24. The Balaban J connectivity index is 1.74. The monoisotopic (exact) mass is 516 g/mol. The van der Waals surface area contributed by atoms with E-state index in [0.717, 1.165) is 21.1 Å². The van der Waals surface area contributed by atoms with Gasteiger partial charge in [-0.1, -0.05) is 30.3 Å². The molecular weight excluding hydrogens is 484 g/mol. The molecule has 0 aliphatic rings. The van der Waals surface area contributed by atoms with Crippen LogP contribution in [0.2, 0.25) is 0 Å². The Hall–Kier alpha value is -3.41. The number of hydrogen-bond donors (Lipinski definition) is 2. The van der Waals surface area contributed by atoms with Crippen molar-refractivity contribution in [3.63, 3.8) is 0 Å². The average molecular weight is 517 g/mol. The minimum absolute atomic E-state index is 0.0000889. The van der Waals surface area contributed by atoms with Gasteiger partial charge in [-0.25, -0.2) is 15.0 Å². The second kappa shape index (κ2) is 13.1. The molecule has 3 rings (SSSR count). The van der Waals surface area contributed by atoms with Gasteiger partial charge in [0.1, 0.15) is 12.2 Å². The summed E-state index contributed by atoms with van der Waals surface area (Å²) in [5.41, 5.74) is 5.09. The Kier molecular flexibility index (Phi) is 9.86. The number of furan rings is 1. The predicted molar refractivity (Wildman–Crippen MR) is 133 cm³/mol. The summed E-state index contributed by atoms with van der Waals surface area (Å²) >= 11 is 1.34. The van der Waals surface area contributed by atoms with Gasteiger partial charge in [0.15, 0.2) is 0 Å². The van der Waals surface area contributed by atoms with Crippen molar-refractivity contribution in [2.45, 2.75) is 58.5 Å². The van der Waals surface area contributed by atoms with Crippen molar-refractivity contribution in [1.82, 2.24) is 20.5 Å². The average Bonchev–Trinajstić information content (AvgIpc) is 3.53. The van der Waals surface area contributed by atoms with E-state index in [0.29, 0.717) is 12.8 Å². The van der Waals surface area contributed by atoms with E-state index in [-0.39, 0.29) is 19.7 Å². The van der Waals surface area contributed by atoms with Crippen LogP contribution in [0.3, 0.4) is 0 Å². The molecule has 2 N–H and O–H groups in total. The van der Waals surface area contributed by atoms with Gasteiger partial charge in [-0.15, -0.1) is 16.5 Å². The van der Waals surface area contributed by atoms with Gasteiger partial charge in [-0.2, -0.15) is 5.01 Å². The fraction of sp³-hybridized carbons (Fsp3) is 0.400. The number of aliphatic hydroxyl groups excluding tert-OH is 1. The number of ether oxygens (including phenoxy) is 2. The summed E-state index contributed by atoms with van der Waals surface area (Å²) in [6, 6.07) is 11.5. The zero-order chi connectivity index (χ0) is 26.0. The van der Waals surface area contributed by atoms with E-state index in [1.54, 1.807) is 38.5 Å². The van der Waals surface area contributed by atoms with Crippen molar-refractivity contribution in [3.05, 3.63) is 76.6 Å². The topological polar surface area (TPSA) is 117 Å². The largest absolute Gasteiger partial charge is 0.472 e. The first-order valence-electron chi connectivity index (χ1n) is 11.5. The van der Waals surface area contributed by atoms with Gasteiger partial charge in [-0.05, 0) is 45.2 Å².